The second-order valence-corrected chi connectivity index (χ2v) is 10.6. The number of amides is 1. The van der Waals surface area contributed by atoms with E-state index in [0.717, 1.165) is 34.9 Å². The van der Waals surface area contributed by atoms with Crippen molar-refractivity contribution >= 4 is 34.2 Å². The number of ether oxygens (including phenoxy) is 1. The first-order valence-electron chi connectivity index (χ1n) is 14.2. The number of aromatic nitrogens is 2. The van der Waals surface area contributed by atoms with Gasteiger partial charge < -0.3 is 20.1 Å². The number of carboxylic acid groups (broad SMARTS) is 1. The Morgan fingerprint density at radius 2 is 1.73 bits per heavy atom. The van der Waals surface area contributed by atoms with Gasteiger partial charge in [-0.1, -0.05) is 62.7 Å². The summed E-state index contributed by atoms with van der Waals surface area (Å²) < 4.78 is 5.54. The van der Waals surface area contributed by atoms with Gasteiger partial charge in [-0.25, -0.2) is 9.97 Å². The average Bonchev–Trinajstić information content (AvgIpc) is 2.98. The van der Waals surface area contributed by atoms with Crippen LogP contribution in [0.25, 0.3) is 10.8 Å². The number of anilines is 2. The van der Waals surface area contributed by atoms with Crippen LogP contribution in [0, 0.1) is 0 Å². The minimum Gasteiger partial charge on any atom is -0.481 e. The topological polar surface area (TPSA) is 105 Å². The van der Waals surface area contributed by atoms with E-state index in [1.807, 2.05) is 66.7 Å². The molecule has 0 saturated carbocycles. The molecule has 3 aromatic carbocycles. The van der Waals surface area contributed by atoms with E-state index in [0.29, 0.717) is 61.2 Å². The SMILES string of the molecule is CCCC(C)c1nc(Cc2ccc(NC(=O)c3ccc4ccccc4c3)cc2)nc(N2CCOCC2)c1CC(=O)O. The fraction of sp³-hybridized carbons (Fsp3) is 0.333. The molecule has 5 rings (SSSR count). The molecule has 1 amide bonds. The molecule has 1 aromatic heterocycles. The molecule has 1 saturated heterocycles. The maximum Gasteiger partial charge on any atom is 0.308 e. The van der Waals surface area contributed by atoms with Crippen LogP contribution in [0.4, 0.5) is 11.5 Å². The lowest BCUT2D eigenvalue weighted by Gasteiger charge is -2.31. The van der Waals surface area contributed by atoms with Crippen LogP contribution in [-0.2, 0) is 22.4 Å². The van der Waals surface area contributed by atoms with Gasteiger partial charge in [-0.2, -0.15) is 0 Å². The van der Waals surface area contributed by atoms with Gasteiger partial charge in [0.2, 0.25) is 0 Å². The maximum absolute atomic E-state index is 12.9. The highest BCUT2D eigenvalue weighted by atomic mass is 16.5. The van der Waals surface area contributed by atoms with Gasteiger partial charge >= 0.3 is 5.97 Å². The normalized spacial score (nSPS) is 14.1. The Hall–Kier alpha value is -4.30. The molecule has 8 nitrogen and oxygen atoms in total. The van der Waals surface area contributed by atoms with Crippen molar-refractivity contribution in [2.24, 2.45) is 0 Å². The Morgan fingerprint density at radius 1 is 1.00 bits per heavy atom. The summed E-state index contributed by atoms with van der Waals surface area (Å²) in [6.07, 6.45) is 2.28. The zero-order chi connectivity index (χ0) is 28.8. The molecule has 2 heterocycles. The van der Waals surface area contributed by atoms with Crippen LogP contribution in [0.2, 0.25) is 0 Å². The van der Waals surface area contributed by atoms with E-state index < -0.39 is 5.97 Å². The molecule has 1 unspecified atom stereocenters. The molecule has 2 N–H and O–H groups in total. The summed E-state index contributed by atoms with van der Waals surface area (Å²) in [7, 11) is 0. The number of fused-ring (bicyclic) bond motifs is 1. The van der Waals surface area contributed by atoms with Crippen LogP contribution in [0.1, 0.15) is 65.6 Å². The zero-order valence-electron chi connectivity index (χ0n) is 23.6. The van der Waals surface area contributed by atoms with Crippen LogP contribution in [0.15, 0.2) is 66.7 Å². The van der Waals surface area contributed by atoms with Crippen LogP contribution in [0.3, 0.4) is 0 Å². The summed E-state index contributed by atoms with van der Waals surface area (Å²) in [6.45, 7) is 6.72. The Morgan fingerprint density at radius 3 is 2.44 bits per heavy atom. The van der Waals surface area contributed by atoms with Gasteiger partial charge in [-0.05, 0) is 52.9 Å². The lowest BCUT2D eigenvalue weighted by molar-refractivity contribution is -0.136. The van der Waals surface area contributed by atoms with Crippen molar-refractivity contribution < 1.29 is 19.4 Å². The van der Waals surface area contributed by atoms with Crippen molar-refractivity contribution in [3.63, 3.8) is 0 Å². The molecule has 1 atom stereocenters. The van der Waals surface area contributed by atoms with Crippen LogP contribution in [0.5, 0.6) is 0 Å². The van der Waals surface area contributed by atoms with Crippen molar-refractivity contribution in [1.82, 2.24) is 9.97 Å². The predicted octanol–water partition coefficient (Wildman–Crippen LogP) is 5.84. The maximum atomic E-state index is 12.9. The second-order valence-electron chi connectivity index (χ2n) is 10.6. The molecule has 1 aliphatic heterocycles. The third-order valence-corrected chi connectivity index (χ3v) is 7.48. The number of carbonyl (C=O) groups is 2. The van der Waals surface area contributed by atoms with Crippen molar-refractivity contribution in [2.75, 3.05) is 36.5 Å². The molecule has 4 aromatic rings. The number of morpholine rings is 1. The average molecular weight is 553 g/mol. The number of carboxylic acids is 1. The van der Waals surface area contributed by atoms with Gasteiger partial charge in [-0.15, -0.1) is 0 Å². The van der Waals surface area contributed by atoms with Crippen LogP contribution in [-0.4, -0.2) is 53.3 Å². The lowest BCUT2D eigenvalue weighted by Crippen LogP contribution is -2.38. The zero-order valence-corrected chi connectivity index (χ0v) is 23.6. The minimum atomic E-state index is -0.887. The summed E-state index contributed by atoms with van der Waals surface area (Å²) >= 11 is 0. The molecular weight excluding hydrogens is 516 g/mol. The molecular formula is C33H36N4O4. The molecule has 0 bridgehead atoms. The van der Waals surface area contributed by atoms with Gasteiger partial charge in [0.05, 0.1) is 25.3 Å². The van der Waals surface area contributed by atoms with Crippen LogP contribution < -0.4 is 10.2 Å². The van der Waals surface area contributed by atoms with E-state index in [1.165, 1.54) is 0 Å². The summed E-state index contributed by atoms with van der Waals surface area (Å²) in [4.78, 5) is 36.7. The summed E-state index contributed by atoms with van der Waals surface area (Å²) in [5.41, 5.74) is 3.83. The minimum absolute atomic E-state index is 0.109. The smallest absolute Gasteiger partial charge is 0.308 e. The summed E-state index contributed by atoms with van der Waals surface area (Å²) in [6, 6.07) is 21.4. The lowest BCUT2D eigenvalue weighted by atomic mass is 9.95. The van der Waals surface area contributed by atoms with E-state index >= 15 is 0 Å². The molecule has 41 heavy (non-hydrogen) atoms. The van der Waals surface area contributed by atoms with E-state index in [1.54, 1.807) is 0 Å². The number of benzene rings is 3. The largest absolute Gasteiger partial charge is 0.481 e. The Kier molecular flexibility index (Phi) is 8.89. The third-order valence-electron chi connectivity index (χ3n) is 7.48. The quantitative estimate of drug-likeness (QED) is 0.255. The molecule has 0 aliphatic carbocycles. The van der Waals surface area contributed by atoms with E-state index in [2.05, 4.69) is 24.1 Å². The van der Waals surface area contributed by atoms with Gasteiger partial charge in [0.25, 0.3) is 5.91 Å². The number of carbonyl (C=O) groups excluding carboxylic acids is 1. The molecule has 212 valence electrons. The number of hydrogen-bond donors (Lipinski definition) is 2. The molecule has 8 heteroatoms. The highest BCUT2D eigenvalue weighted by Gasteiger charge is 2.25. The fourth-order valence-electron chi connectivity index (χ4n) is 5.37. The molecule has 0 radical (unpaired) electrons. The molecule has 0 spiro atoms. The van der Waals surface area contributed by atoms with E-state index in [-0.39, 0.29) is 18.2 Å². The number of hydrogen-bond acceptors (Lipinski definition) is 6. The Bertz CT molecular complexity index is 1530. The first kappa shape index (κ1) is 28.2. The summed E-state index contributed by atoms with van der Waals surface area (Å²) in [5.74, 6) is 0.431. The van der Waals surface area contributed by atoms with Crippen molar-refractivity contribution in [1.29, 1.82) is 0 Å². The van der Waals surface area contributed by atoms with Crippen molar-refractivity contribution in [3.05, 3.63) is 94.9 Å². The fourth-order valence-corrected chi connectivity index (χ4v) is 5.37. The third kappa shape index (κ3) is 6.89. The van der Waals surface area contributed by atoms with Gasteiger partial charge in [-0.3, -0.25) is 9.59 Å². The highest BCUT2D eigenvalue weighted by Crippen LogP contribution is 2.31. The molecule has 1 fully saturated rings. The molecule has 1 aliphatic rings. The van der Waals surface area contributed by atoms with Crippen molar-refractivity contribution in [2.45, 2.75) is 45.4 Å². The highest BCUT2D eigenvalue weighted by molar-refractivity contribution is 6.06. The standard InChI is InChI=1S/C33H36N4O4/c1-3-6-22(2)31-28(21-30(38)39)32(37-15-17-41-18-16-37)36-29(35-31)19-23-9-13-27(14-10-23)34-33(40)26-12-11-24-7-4-5-8-25(24)20-26/h4-5,7-14,20,22H,3,6,15-19,21H2,1-2H3,(H,34,40)(H,38,39). The van der Waals surface area contributed by atoms with E-state index in [9.17, 15) is 14.7 Å². The number of rotatable bonds is 10. The first-order chi connectivity index (χ1) is 19.9. The van der Waals surface area contributed by atoms with Crippen LogP contribution >= 0.6 is 0 Å². The first-order valence-corrected chi connectivity index (χ1v) is 14.2. The summed E-state index contributed by atoms with van der Waals surface area (Å²) in [5, 5.41) is 14.8. The number of nitrogens with one attached hydrogen (secondary N) is 1. The second kappa shape index (κ2) is 12.9. The predicted molar refractivity (Wildman–Crippen MR) is 161 cm³/mol. The van der Waals surface area contributed by atoms with E-state index in [4.69, 9.17) is 14.7 Å². The van der Waals surface area contributed by atoms with Gasteiger partial charge in [0.1, 0.15) is 11.6 Å². The monoisotopic (exact) mass is 552 g/mol. The van der Waals surface area contributed by atoms with Crippen molar-refractivity contribution in [3.8, 4) is 0 Å². The number of nitrogens with zero attached hydrogens (tertiary/aromatic N) is 3. The van der Waals surface area contributed by atoms with Gasteiger partial charge in [0, 0.05) is 36.3 Å². The Labute approximate surface area is 240 Å². The number of aliphatic carboxylic acids is 1. The van der Waals surface area contributed by atoms with Gasteiger partial charge in [0.15, 0.2) is 0 Å². The Balaban J connectivity index is 1.38.